The second-order valence-corrected chi connectivity index (χ2v) is 5.41. The van der Waals surface area contributed by atoms with Crippen LogP contribution in [0.3, 0.4) is 0 Å². The van der Waals surface area contributed by atoms with Crippen LogP contribution in [0.25, 0.3) is 0 Å². The SMILES string of the molecule is CCCNCc1coc(N2CCN(C(C)C)CC2)n1. The maximum absolute atomic E-state index is 5.59. The summed E-state index contributed by atoms with van der Waals surface area (Å²) in [6.07, 6.45) is 2.91. The highest BCUT2D eigenvalue weighted by atomic mass is 16.4. The van der Waals surface area contributed by atoms with E-state index in [2.05, 4.69) is 40.9 Å². The second kappa shape index (κ2) is 6.91. The number of aromatic nitrogens is 1. The standard InChI is InChI=1S/C14H26N4O/c1-4-5-15-10-13-11-19-14(16-13)18-8-6-17(7-9-18)12(2)3/h11-12,15H,4-10H2,1-3H3. The molecule has 0 spiro atoms. The highest BCUT2D eigenvalue weighted by Crippen LogP contribution is 2.16. The van der Waals surface area contributed by atoms with E-state index in [9.17, 15) is 0 Å². The van der Waals surface area contributed by atoms with Crippen LogP contribution in [0.2, 0.25) is 0 Å². The third kappa shape index (κ3) is 3.94. The molecule has 0 aliphatic carbocycles. The Hall–Kier alpha value is -1.07. The summed E-state index contributed by atoms with van der Waals surface area (Å²) in [6.45, 7) is 12.7. The quantitative estimate of drug-likeness (QED) is 0.794. The zero-order valence-electron chi connectivity index (χ0n) is 12.4. The van der Waals surface area contributed by atoms with E-state index in [0.29, 0.717) is 6.04 Å². The number of rotatable bonds is 6. The van der Waals surface area contributed by atoms with Gasteiger partial charge in [0.15, 0.2) is 0 Å². The van der Waals surface area contributed by atoms with E-state index in [1.165, 1.54) is 0 Å². The van der Waals surface area contributed by atoms with Crippen LogP contribution in [0.1, 0.15) is 32.9 Å². The van der Waals surface area contributed by atoms with Gasteiger partial charge in [-0.3, -0.25) is 4.90 Å². The molecule has 1 saturated heterocycles. The molecule has 1 fully saturated rings. The molecule has 0 aromatic carbocycles. The van der Waals surface area contributed by atoms with Crippen molar-refractivity contribution in [3.63, 3.8) is 0 Å². The number of hydrogen-bond acceptors (Lipinski definition) is 5. The van der Waals surface area contributed by atoms with Crippen molar-refractivity contribution in [2.75, 3.05) is 37.6 Å². The van der Waals surface area contributed by atoms with Gasteiger partial charge in [0, 0.05) is 38.8 Å². The molecule has 0 amide bonds. The molecule has 1 aromatic heterocycles. The normalized spacial score (nSPS) is 17.4. The molecule has 1 aliphatic heterocycles. The van der Waals surface area contributed by atoms with Gasteiger partial charge in [-0.2, -0.15) is 4.98 Å². The van der Waals surface area contributed by atoms with Crippen LogP contribution in [-0.2, 0) is 6.54 Å². The van der Waals surface area contributed by atoms with Gasteiger partial charge in [0.2, 0.25) is 0 Å². The second-order valence-electron chi connectivity index (χ2n) is 5.41. The molecule has 0 atom stereocenters. The smallest absolute Gasteiger partial charge is 0.297 e. The van der Waals surface area contributed by atoms with Gasteiger partial charge < -0.3 is 14.6 Å². The van der Waals surface area contributed by atoms with Crippen molar-refractivity contribution >= 4 is 6.01 Å². The van der Waals surface area contributed by atoms with Crippen molar-refractivity contribution in [3.8, 4) is 0 Å². The lowest BCUT2D eigenvalue weighted by Crippen LogP contribution is -2.49. The number of nitrogens with one attached hydrogen (secondary N) is 1. The Bertz CT molecular complexity index is 369. The van der Waals surface area contributed by atoms with Crippen LogP contribution in [0.15, 0.2) is 10.7 Å². The zero-order valence-corrected chi connectivity index (χ0v) is 12.4. The first-order chi connectivity index (χ1) is 9.20. The van der Waals surface area contributed by atoms with Crippen LogP contribution >= 0.6 is 0 Å². The van der Waals surface area contributed by atoms with Crippen molar-refractivity contribution in [3.05, 3.63) is 12.0 Å². The van der Waals surface area contributed by atoms with E-state index in [1.807, 2.05) is 0 Å². The van der Waals surface area contributed by atoms with E-state index in [1.54, 1.807) is 6.26 Å². The molecule has 19 heavy (non-hydrogen) atoms. The van der Waals surface area contributed by atoms with Gasteiger partial charge in [-0.25, -0.2) is 0 Å². The van der Waals surface area contributed by atoms with Gasteiger partial charge in [-0.05, 0) is 26.8 Å². The van der Waals surface area contributed by atoms with Crippen molar-refractivity contribution in [1.82, 2.24) is 15.2 Å². The van der Waals surface area contributed by atoms with Crippen molar-refractivity contribution in [1.29, 1.82) is 0 Å². The van der Waals surface area contributed by atoms with Gasteiger partial charge in [0.05, 0.1) is 5.69 Å². The van der Waals surface area contributed by atoms with E-state index in [-0.39, 0.29) is 0 Å². The summed E-state index contributed by atoms with van der Waals surface area (Å²) >= 11 is 0. The average Bonchev–Trinajstić information content (AvgIpc) is 2.88. The van der Waals surface area contributed by atoms with Crippen LogP contribution in [0, 0.1) is 0 Å². The molecule has 0 saturated carbocycles. The topological polar surface area (TPSA) is 44.5 Å². The van der Waals surface area contributed by atoms with Crippen LogP contribution in [-0.4, -0.2) is 48.6 Å². The number of oxazole rings is 1. The Balaban J connectivity index is 1.82. The molecule has 5 heteroatoms. The van der Waals surface area contributed by atoms with E-state index in [4.69, 9.17) is 4.42 Å². The Morgan fingerprint density at radius 3 is 2.68 bits per heavy atom. The maximum atomic E-state index is 5.59. The molecule has 1 N–H and O–H groups in total. The molecule has 108 valence electrons. The number of piperazine rings is 1. The summed E-state index contributed by atoms with van der Waals surface area (Å²) in [6, 6.07) is 1.40. The molecule has 1 aromatic rings. The predicted octanol–water partition coefficient (Wildman–Crippen LogP) is 1.70. The largest absolute Gasteiger partial charge is 0.432 e. The summed E-state index contributed by atoms with van der Waals surface area (Å²) < 4.78 is 5.59. The zero-order chi connectivity index (χ0) is 13.7. The lowest BCUT2D eigenvalue weighted by molar-refractivity contribution is 0.206. The number of hydrogen-bond donors (Lipinski definition) is 1. The predicted molar refractivity (Wildman–Crippen MR) is 77.4 cm³/mol. The van der Waals surface area contributed by atoms with Gasteiger partial charge in [-0.15, -0.1) is 0 Å². The minimum absolute atomic E-state index is 0.625. The number of anilines is 1. The highest BCUT2D eigenvalue weighted by molar-refractivity contribution is 5.28. The third-order valence-electron chi connectivity index (χ3n) is 3.59. The Morgan fingerprint density at radius 1 is 1.32 bits per heavy atom. The molecule has 2 rings (SSSR count). The minimum Gasteiger partial charge on any atom is -0.432 e. The maximum Gasteiger partial charge on any atom is 0.297 e. The molecular formula is C14H26N4O. The van der Waals surface area contributed by atoms with Gasteiger partial charge in [0.1, 0.15) is 6.26 Å². The summed E-state index contributed by atoms with van der Waals surface area (Å²) in [5.74, 6) is 0. The van der Waals surface area contributed by atoms with E-state index < -0.39 is 0 Å². The minimum atomic E-state index is 0.625. The highest BCUT2D eigenvalue weighted by Gasteiger charge is 2.21. The first-order valence-corrected chi connectivity index (χ1v) is 7.34. The summed E-state index contributed by atoms with van der Waals surface area (Å²) in [4.78, 5) is 9.28. The van der Waals surface area contributed by atoms with Crippen LogP contribution in [0.5, 0.6) is 0 Å². The fraction of sp³-hybridized carbons (Fsp3) is 0.786. The number of nitrogens with zero attached hydrogens (tertiary/aromatic N) is 3. The molecule has 0 bridgehead atoms. The first-order valence-electron chi connectivity index (χ1n) is 7.34. The van der Waals surface area contributed by atoms with E-state index in [0.717, 1.165) is 57.4 Å². The van der Waals surface area contributed by atoms with Crippen LogP contribution < -0.4 is 10.2 Å². The fourth-order valence-corrected chi connectivity index (χ4v) is 2.35. The molecule has 0 unspecified atom stereocenters. The fourth-order valence-electron chi connectivity index (χ4n) is 2.35. The van der Waals surface area contributed by atoms with Crippen molar-refractivity contribution in [2.45, 2.75) is 39.8 Å². The van der Waals surface area contributed by atoms with Crippen molar-refractivity contribution < 1.29 is 4.42 Å². The Kier molecular flexibility index (Phi) is 5.22. The monoisotopic (exact) mass is 266 g/mol. The van der Waals surface area contributed by atoms with Crippen LogP contribution in [0.4, 0.5) is 6.01 Å². The average molecular weight is 266 g/mol. The molecule has 1 aliphatic rings. The lowest BCUT2D eigenvalue weighted by Gasteiger charge is -2.36. The molecular weight excluding hydrogens is 240 g/mol. The third-order valence-corrected chi connectivity index (χ3v) is 3.59. The Labute approximate surface area is 116 Å². The molecule has 0 radical (unpaired) electrons. The molecule has 2 heterocycles. The van der Waals surface area contributed by atoms with Gasteiger partial charge in [0.25, 0.3) is 6.01 Å². The van der Waals surface area contributed by atoms with Gasteiger partial charge >= 0.3 is 0 Å². The molecule has 5 nitrogen and oxygen atoms in total. The Morgan fingerprint density at radius 2 is 2.05 bits per heavy atom. The summed E-state index contributed by atoms with van der Waals surface area (Å²) in [7, 11) is 0. The first kappa shape index (κ1) is 14.3. The summed E-state index contributed by atoms with van der Waals surface area (Å²) in [5.41, 5.74) is 0.995. The summed E-state index contributed by atoms with van der Waals surface area (Å²) in [5, 5.41) is 3.34. The van der Waals surface area contributed by atoms with E-state index >= 15 is 0 Å². The lowest BCUT2D eigenvalue weighted by atomic mass is 10.2. The van der Waals surface area contributed by atoms with Crippen molar-refractivity contribution in [2.24, 2.45) is 0 Å². The van der Waals surface area contributed by atoms with Gasteiger partial charge in [-0.1, -0.05) is 6.92 Å².